The topological polar surface area (TPSA) is 23.5 Å². The van der Waals surface area contributed by atoms with E-state index in [1.54, 1.807) is 0 Å². The Morgan fingerprint density at radius 1 is 1.05 bits per heavy atom. The highest BCUT2D eigenvalue weighted by Gasteiger charge is 2.11. The van der Waals surface area contributed by atoms with Gasteiger partial charge in [0.15, 0.2) is 0 Å². The highest BCUT2D eigenvalue weighted by atomic mass is 79.9. The first-order valence-corrected chi connectivity index (χ1v) is 7.06. The van der Waals surface area contributed by atoms with Crippen LogP contribution in [0.25, 0.3) is 0 Å². The van der Waals surface area contributed by atoms with Crippen molar-refractivity contribution in [3.05, 3.63) is 64.1 Å². The zero-order valence-corrected chi connectivity index (χ0v) is 12.8. The minimum Gasteiger partial charge on any atom is -0.388 e. The third-order valence-electron chi connectivity index (χ3n) is 3.14. The van der Waals surface area contributed by atoms with Crippen molar-refractivity contribution in [1.29, 1.82) is 0 Å². The molecular weight excluding hydrogens is 302 g/mol. The zero-order chi connectivity index (χ0) is 13.8. The van der Waals surface area contributed by atoms with Gasteiger partial charge in [-0.3, -0.25) is 0 Å². The van der Waals surface area contributed by atoms with E-state index in [0.717, 1.165) is 21.3 Å². The van der Waals surface area contributed by atoms with Crippen molar-refractivity contribution >= 4 is 21.6 Å². The van der Waals surface area contributed by atoms with Crippen LogP contribution in [-0.4, -0.2) is 19.2 Å². The van der Waals surface area contributed by atoms with Gasteiger partial charge in [-0.2, -0.15) is 0 Å². The molecular formula is C16H18BrNO. The number of anilines is 1. The molecule has 0 radical (unpaired) electrons. The minimum absolute atomic E-state index is 0.478. The summed E-state index contributed by atoms with van der Waals surface area (Å²) in [6, 6.07) is 16.0. The first-order chi connectivity index (χ1) is 9.08. The van der Waals surface area contributed by atoms with Gasteiger partial charge < -0.3 is 10.0 Å². The Labute approximate surface area is 122 Å². The van der Waals surface area contributed by atoms with Crippen molar-refractivity contribution in [2.45, 2.75) is 12.5 Å². The Bertz CT molecular complexity index is 537. The summed E-state index contributed by atoms with van der Waals surface area (Å²) >= 11 is 3.40. The lowest BCUT2D eigenvalue weighted by Gasteiger charge is -2.19. The van der Waals surface area contributed by atoms with Crippen molar-refractivity contribution in [3.8, 4) is 0 Å². The van der Waals surface area contributed by atoms with E-state index in [-0.39, 0.29) is 0 Å². The molecule has 0 amide bonds. The van der Waals surface area contributed by atoms with Crippen LogP contribution in [-0.2, 0) is 6.42 Å². The second-order valence-corrected chi connectivity index (χ2v) is 5.71. The molecule has 0 aliphatic carbocycles. The van der Waals surface area contributed by atoms with Gasteiger partial charge in [-0.05, 0) is 29.3 Å². The van der Waals surface area contributed by atoms with Crippen LogP contribution in [0.4, 0.5) is 5.69 Å². The zero-order valence-electron chi connectivity index (χ0n) is 11.2. The van der Waals surface area contributed by atoms with E-state index >= 15 is 0 Å². The second kappa shape index (κ2) is 6.22. The molecule has 100 valence electrons. The molecule has 2 rings (SSSR count). The Balaban J connectivity index is 2.19. The quantitative estimate of drug-likeness (QED) is 0.926. The van der Waals surface area contributed by atoms with Gasteiger partial charge in [-0.25, -0.2) is 0 Å². The molecule has 2 nitrogen and oxygen atoms in total. The summed E-state index contributed by atoms with van der Waals surface area (Å²) in [7, 11) is 4.04. The van der Waals surface area contributed by atoms with Crippen LogP contribution >= 0.6 is 15.9 Å². The molecule has 0 heterocycles. The van der Waals surface area contributed by atoms with Gasteiger partial charge in [-0.15, -0.1) is 0 Å². The van der Waals surface area contributed by atoms with Gasteiger partial charge in [0.1, 0.15) is 0 Å². The standard InChI is InChI=1S/C16H18BrNO/c1-18(2)15-6-4-3-5-13(15)11-16(19)12-7-9-14(17)10-8-12/h3-10,16,19H,11H2,1-2H3. The molecule has 0 spiro atoms. The van der Waals surface area contributed by atoms with E-state index < -0.39 is 6.10 Å². The molecule has 0 bridgehead atoms. The number of aliphatic hydroxyl groups is 1. The Hall–Kier alpha value is -1.32. The van der Waals surface area contributed by atoms with Gasteiger partial charge in [-0.1, -0.05) is 46.3 Å². The molecule has 0 fully saturated rings. The Kier molecular flexibility index (Phi) is 4.61. The van der Waals surface area contributed by atoms with E-state index in [4.69, 9.17) is 0 Å². The Morgan fingerprint density at radius 3 is 2.32 bits per heavy atom. The van der Waals surface area contributed by atoms with E-state index in [1.807, 2.05) is 50.5 Å². The van der Waals surface area contributed by atoms with Gasteiger partial charge >= 0.3 is 0 Å². The molecule has 19 heavy (non-hydrogen) atoms. The highest BCUT2D eigenvalue weighted by Crippen LogP contribution is 2.25. The summed E-state index contributed by atoms with van der Waals surface area (Å²) in [5, 5.41) is 10.3. The molecule has 2 aromatic rings. The lowest BCUT2D eigenvalue weighted by atomic mass is 10.00. The molecule has 0 saturated heterocycles. The largest absolute Gasteiger partial charge is 0.388 e. The Morgan fingerprint density at radius 2 is 1.68 bits per heavy atom. The molecule has 3 heteroatoms. The van der Waals surface area contributed by atoms with Crippen molar-refractivity contribution in [2.24, 2.45) is 0 Å². The first kappa shape index (κ1) is 14.1. The summed E-state index contributed by atoms with van der Waals surface area (Å²) in [4.78, 5) is 2.07. The lowest BCUT2D eigenvalue weighted by Crippen LogP contribution is -2.12. The van der Waals surface area contributed by atoms with E-state index in [1.165, 1.54) is 0 Å². The SMILES string of the molecule is CN(C)c1ccccc1CC(O)c1ccc(Br)cc1. The number of benzene rings is 2. The summed E-state index contributed by atoms with van der Waals surface area (Å²) in [6.45, 7) is 0. The molecule has 0 aromatic heterocycles. The number of hydrogen-bond donors (Lipinski definition) is 1. The predicted octanol–water partition coefficient (Wildman–Crippen LogP) is 3.79. The fourth-order valence-electron chi connectivity index (χ4n) is 2.13. The van der Waals surface area contributed by atoms with Gasteiger partial charge in [0, 0.05) is 30.7 Å². The molecule has 0 aliphatic rings. The average molecular weight is 320 g/mol. The normalized spacial score (nSPS) is 12.2. The third-order valence-corrected chi connectivity index (χ3v) is 3.67. The van der Waals surface area contributed by atoms with Crippen LogP contribution in [0.3, 0.4) is 0 Å². The molecule has 1 N–H and O–H groups in total. The van der Waals surface area contributed by atoms with E-state index in [0.29, 0.717) is 6.42 Å². The highest BCUT2D eigenvalue weighted by molar-refractivity contribution is 9.10. The molecule has 2 aromatic carbocycles. The first-order valence-electron chi connectivity index (χ1n) is 6.26. The fraction of sp³-hybridized carbons (Fsp3) is 0.250. The monoisotopic (exact) mass is 319 g/mol. The number of nitrogens with zero attached hydrogens (tertiary/aromatic N) is 1. The number of hydrogen-bond acceptors (Lipinski definition) is 2. The summed E-state index contributed by atoms with van der Waals surface area (Å²) < 4.78 is 1.03. The maximum absolute atomic E-state index is 10.3. The summed E-state index contributed by atoms with van der Waals surface area (Å²) in [5.41, 5.74) is 3.25. The maximum Gasteiger partial charge on any atom is 0.0831 e. The van der Waals surface area contributed by atoms with Crippen LogP contribution < -0.4 is 4.90 Å². The van der Waals surface area contributed by atoms with Gasteiger partial charge in [0.2, 0.25) is 0 Å². The number of halogens is 1. The van der Waals surface area contributed by atoms with Crippen LogP contribution in [0.1, 0.15) is 17.2 Å². The van der Waals surface area contributed by atoms with Crippen molar-refractivity contribution < 1.29 is 5.11 Å². The van der Waals surface area contributed by atoms with E-state index in [2.05, 4.69) is 33.0 Å². The smallest absolute Gasteiger partial charge is 0.0831 e. The molecule has 1 atom stereocenters. The maximum atomic E-state index is 10.3. The van der Waals surface area contributed by atoms with Gasteiger partial charge in [0.25, 0.3) is 0 Å². The summed E-state index contributed by atoms with van der Waals surface area (Å²) in [5.74, 6) is 0. The molecule has 0 aliphatic heterocycles. The number of rotatable bonds is 4. The van der Waals surface area contributed by atoms with Crippen molar-refractivity contribution in [3.63, 3.8) is 0 Å². The fourth-order valence-corrected chi connectivity index (χ4v) is 2.40. The average Bonchev–Trinajstić information content (AvgIpc) is 2.39. The summed E-state index contributed by atoms with van der Waals surface area (Å²) in [6.07, 6.45) is 0.143. The number of aliphatic hydroxyl groups excluding tert-OH is 1. The van der Waals surface area contributed by atoms with Gasteiger partial charge in [0.05, 0.1) is 6.10 Å². The number of para-hydroxylation sites is 1. The van der Waals surface area contributed by atoms with Crippen LogP contribution in [0, 0.1) is 0 Å². The minimum atomic E-state index is -0.478. The molecule has 0 saturated carbocycles. The van der Waals surface area contributed by atoms with Crippen LogP contribution in [0.15, 0.2) is 53.0 Å². The van der Waals surface area contributed by atoms with E-state index in [9.17, 15) is 5.11 Å². The van der Waals surface area contributed by atoms with Crippen LogP contribution in [0.5, 0.6) is 0 Å². The van der Waals surface area contributed by atoms with Crippen molar-refractivity contribution in [2.75, 3.05) is 19.0 Å². The van der Waals surface area contributed by atoms with Crippen molar-refractivity contribution in [1.82, 2.24) is 0 Å². The lowest BCUT2D eigenvalue weighted by molar-refractivity contribution is 0.178. The second-order valence-electron chi connectivity index (χ2n) is 4.79. The molecule has 1 unspecified atom stereocenters. The predicted molar refractivity (Wildman–Crippen MR) is 83.6 cm³/mol. The van der Waals surface area contributed by atoms with Crippen LogP contribution in [0.2, 0.25) is 0 Å². The third kappa shape index (κ3) is 3.58.